The van der Waals surface area contributed by atoms with E-state index in [1.807, 2.05) is 0 Å². The van der Waals surface area contributed by atoms with Crippen LogP contribution in [0.2, 0.25) is 0 Å². The molecule has 0 aromatic rings. The van der Waals surface area contributed by atoms with Crippen molar-refractivity contribution in [3.63, 3.8) is 0 Å². The molecule has 0 aromatic heterocycles. The van der Waals surface area contributed by atoms with Crippen molar-refractivity contribution < 1.29 is 14.3 Å². The van der Waals surface area contributed by atoms with Gasteiger partial charge in [0.15, 0.2) is 5.96 Å². The zero-order chi connectivity index (χ0) is 17.9. The van der Waals surface area contributed by atoms with Gasteiger partial charge in [0.1, 0.15) is 0 Å². The minimum absolute atomic E-state index is 0.0395. The summed E-state index contributed by atoms with van der Waals surface area (Å²) in [5.74, 6) is 0.944. The Morgan fingerprint density at radius 2 is 1.92 bits per heavy atom. The predicted molar refractivity (Wildman–Crippen MR) is 98.8 cm³/mol. The van der Waals surface area contributed by atoms with Crippen LogP contribution in [0, 0.1) is 5.92 Å². The van der Waals surface area contributed by atoms with Crippen LogP contribution in [0.5, 0.6) is 0 Å². The van der Waals surface area contributed by atoms with Gasteiger partial charge in [0.05, 0.1) is 26.2 Å². The minimum Gasteiger partial charge on any atom is -0.469 e. The number of aliphatic imine (C=N–C) groups is 1. The molecule has 2 rings (SSSR count). The molecular weight excluding hydrogens is 320 g/mol. The van der Waals surface area contributed by atoms with Crippen molar-refractivity contribution in [2.45, 2.75) is 32.6 Å². The Morgan fingerprint density at radius 3 is 2.56 bits per heavy atom. The molecular formula is C18H34N4O3. The second-order valence-electron chi connectivity index (χ2n) is 6.68. The number of unbranched alkanes of at least 4 members (excludes halogenated alkanes) is 1. The molecule has 25 heavy (non-hydrogen) atoms. The summed E-state index contributed by atoms with van der Waals surface area (Å²) in [5, 5.41) is 3.38. The summed E-state index contributed by atoms with van der Waals surface area (Å²) >= 11 is 0. The molecule has 0 radical (unpaired) electrons. The summed E-state index contributed by atoms with van der Waals surface area (Å²) in [6.07, 6.45) is 3.96. The first kappa shape index (κ1) is 20.0. The van der Waals surface area contributed by atoms with E-state index in [1.165, 1.54) is 13.5 Å². The summed E-state index contributed by atoms with van der Waals surface area (Å²) in [4.78, 5) is 21.2. The van der Waals surface area contributed by atoms with Crippen molar-refractivity contribution in [3.8, 4) is 0 Å². The number of nitrogens with one attached hydrogen (secondary N) is 1. The third-order valence-electron chi connectivity index (χ3n) is 4.91. The Morgan fingerprint density at radius 1 is 1.20 bits per heavy atom. The summed E-state index contributed by atoms with van der Waals surface area (Å²) in [7, 11) is 1.47. The third kappa shape index (κ3) is 6.82. The van der Waals surface area contributed by atoms with Crippen LogP contribution in [-0.2, 0) is 14.3 Å². The molecule has 1 N–H and O–H groups in total. The van der Waals surface area contributed by atoms with E-state index >= 15 is 0 Å². The van der Waals surface area contributed by atoms with Crippen LogP contribution < -0.4 is 5.32 Å². The van der Waals surface area contributed by atoms with Gasteiger partial charge < -0.3 is 19.7 Å². The highest BCUT2D eigenvalue weighted by Gasteiger charge is 2.26. The van der Waals surface area contributed by atoms with Crippen molar-refractivity contribution in [2.75, 3.05) is 66.1 Å². The lowest BCUT2D eigenvalue weighted by molar-refractivity contribution is -0.146. The van der Waals surface area contributed by atoms with E-state index in [2.05, 4.69) is 22.0 Å². The van der Waals surface area contributed by atoms with Crippen LogP contribution in [0.3, 0.4) is 0 Å². The summed E-state index contributed by atoms with van der Waals surface area (Å²) in [6.45, 7) is 10.5. The molecule has 2 aliphatic rings. The van der Waals surface area contributed by atoms with Crippen LogP contribution in [0.25, 0.3) is 0 Å². The molecule has 7 heteroatoms. The largest absolute Gasteiger partial charge is 0.469 e. The standard InChI is InChI=1S/C18H34N4O3/c1-3-19-18(22-10-6-16(7-11-22)17(23)24-2)20-8-4-5-9-21-12-14-25-15-13-21/h16H,3-15H2,1-2H3,(H,19,20). The normalized spacial score (nSPS) is 20.6. The fourth-order valence-corrected chi connectivity index (χ4v) is 3.38. The van der Waals surface area contributed by atoms with Crippen molar-refractivity contribution in [1.82, 2.24) is 15.1 Å². The Hall–Kier alpha value is -1.34. The first-order chi connectivity index (χ1) is 12.2. The molecule has 0 bridgehead atoms. The SMILES string of the molecule is CCNC(=NCCCCN1CCOCC1)N1CCC(C(=O)OC)CC1. The first-order valence-corrected chi connectivity index (χ1v) is 9.65. The van der Waals surface area contributed by atoms with E-state index < -0.39 is 0 Å². The fourth-order valence-electron chi connectivity index (χ4n) is 3.38. The number of hydrogen-bond donors (Lipinski definition) is 1. The molecule has 0 aliphatic carbocycles. The Bertz CT molecular complexity index is 417. The second kappa shape index (κ2) is 11.3. The maximum atomic E-state index is 11.6. The van der Waals surface area contributed by atoms with Crippen LogP contribution in [-0.4, -0.2) is 87.9 Å². The number of ether oxygens (including phenoxy) is 2. The zero-order valence-electron chi connectivity index (χ0n) is 15.8. The summed E-state index contributed by atoms with van der Waals surface area (Å²) in [6, 6.07) is 0. The van der Waals surface area contributed by atoms with Crippen molar-refractivity contribution >= 4 is 11.9 Å². The topological polar surface area (TPSA) is 66.4 Å². The molecule has 2 aliphatic heterocycles. The quantitative estimate of drug-likeness (QED) is 0.318. The Balaban J connectivity index is 1.70. The van der Waals surface area contributed by atoms with Gasteiger partial charge in [0.2, 0.25) is 0 Å². The van der Waals surface area contributed by atoms with E-state index in [0.717, 1.165) is 84.2 Å². The van der Waals surface area contributed by atoms with Gasteiger partial charge in [-0.05, 0) is 39.2 Å². The molecule has 0 saturated carbocycles. The third-order valence-corrected chi connectivity index (χ3v) is 4.91. The number of hydrogen-bond acceptors (Lipinski definition) is 5. The molecule has 0 aromatic carbocycles. The second-order valence-corrected chi connectivity index (χ2v) is 6.68. The van der Waals surface area contributed by atoms with Gasteiger partial charge in [0.25, 0.3) is 0 Å². The summed E-state index contributed by atoms with van der Waals surface area (Å²) in [5.41, 5.74) is 0. The minimum atomic E-state index is -0.0790. The Labute approximate surface area is 151 Å². The lowest BCUT2D eigenvalue weighted by atomic mass is 9.97. The molecule has 0 spiro atoms. The highest BCUT2D eigenvalue weighted by atomic mass is 16.5. The number of nitrogens with zero attached hydrogens (tertiary/aromatic N) is 3. The number of esters is 1. The number of likely N-dealkylation sites (tertiary alicyclic amines) is 1. The van der Waals surface area contributed by atoms with E-state index in [0.29, 0.717) is 0 Å². The molecule has 144 valence electrons. The fraction of sp³-hybridized carbons (Fsp3) is 0.889. The molecule has 2 fully saturated rings. The molecule has 7 nitrogen and oxygen atoms in total. The predicted octanol–water partition coefficient (Wildman–Crippen LogP) is 0.949. The van der Waals surface area contributed by atoms with E-state index in [-0.39, 0.29) is 11.9 Å². The number of carbonyl (C=O) groups excluding carboxylic acids is 1. The van der Waals surface area contributed by atoms with Crippen LogP contribution in [0.1, 0.15) is 32.6 Å². The van der Waals surface area contributed by atoms with Crippen molar-refractivity contribution in [1.29, 1.82) is 0 Å². The molecule has 0 unspecified atom stereocenters. The van der Waals surface area contributed by atoms with E-state index in [4.69, 9.17) is 14.5 Å². The van der Waals surface area contributed by atoms with Crippen LogP contribution in [0.4, 0.5) is 0 Å². The first-order valence-electron chi connectivity index (χ1n) is 9.65. The van der Waals surface area contributed by atoms with Gasteiger partial charge in [-0.25, -0.2) is 0 Å². The highest BCUT2D eigenvalue weighted by molar-refractivity contribution is 5.80. The lowest BCUT2D eigenvalue weighted by Crippen LogP contribution is -2.46. The zero-order valence-corrected chi connectivity index (χ0v) is 15.8. The van der Waals surface area contributed by atoms with E-state index in [9.17, 15) is 4.79 Å². The number of guanidine groups is 1. The van der Waals surface area contributed by atoms with Crippen molar-refractivity contribution in [3.05, 3.63) is 0 Å². The van der Waals surface area contributed by atoms with Gasteiger partial charge in [-0.1, -0.05) is 0 Å². The smallest absolute Gasteiger partial charge is 0.308 e. The molecule has 0 atom stereocenters. The van der Waals surface area contributed by atoms with Gasteiger partial charge in [0, 0.05) is 39.3 Å². The van der Waals surface area contributed by atoms with Gasteiger partial charge in [-0.15, -0.1) is 0 Å². The van der Waals surface area contributed by atoms with Crippen molar-refractivity contribution in [2.24, 2.45) is 10.9 Å². The van der Waals surface area contributed by atoms with Gasteiger partial charge in [-0.2, -0.15) is 0 Å². The van der Waals surface area contributed by atoms with Crippen LogP contribution in [0.15, 0.2) is 4.99 Å². The number of morpholine rings is 1. The maximum Gasteiger partial charge on any atom is 0.308 e. The maximum absolute atomic E-state index is 11.6. The lowest BCUT2D eigenvalue weighted by Gasteiger charge is -2.33. The number of carbonyl (C=O) groups is 1. The monoisotopic (exact) mass is 354 g/mol. The molecule has 0 amide bonds. The van der Waals surface area contributed by atoms with Gasteiger partial charge >= 0.3 is 5.97 Å². The Kier molecular flexibility index (Phi) is 9.04. The number of methoxy groups -OCH3 is 1. The molecule has 2 heterocycles. The average Bonchev–Trinajstić information content (AvgIpc) is 2.67. The summed E-state index contributed by atoms with van der Waals surface area (Å²) < 4.78 is 10.2. The molecule has 2 saturated heterocycles. The average molecular weight is 354 g/mol. The van der Waals surface area contributed by atoms with Gasteiger partial charge in [-0.3, -0.25) is 14.7 Å². The van der Waals surface area contributed by atoms with E-state index in [1.54, 1.807) is 0 Å². The highest BCUT2D eigenvalue weighted by Crippen LogP contribution is 2.18. The number of rotatable bonds is 7. The van der Waals surface area contributed by atoms with Crippen LogP contribution >= 0.6 is 0 Å². The number of piperidine rings is 1.